The summed E-state index contributed by atoms with van der Waals surface area (Å²) >= 11 is 0. The summed E-state index contributed by atoms with van der Waals surface area (Å²) in [6.45, 7) is 9.37. The second-order valence-electron chi connectivity index (χ2n) is 9.28. The fraction of sp³-hybridized carbons (Fsp3) is 0.200. The molecule has 0 spiro atoms. The average molecular weight is 492 g/mol. The van der Waals surface area contributed by atoms with E-state index in [2.05, 4.69) is 58.9 Å². The number of benzene rings is 2. The first kappa shape index (κ1) is 24.3. The van der Waals surface area contributed by atoms with E-state index in [1.807, 2.05) is 30.0 Å². The average Bonchev–Trinajstić information content (AvgIpc) is 2.93. The van der Waals surface area contributed by atoms with Crippen molar-refractivity contribution in [2.24, 2.45) is 5.73 Å². The smallest absolute Gasteiger partial charge is 0.267 e. The standard InChI is InChI=1S/C30H29N5O2/c1-3-28(36)35-15-13-34(14-16-35)19-21-9-11-23(12-10-21)29-25(22-7-5-4-6-8-22)17-24-20(2)32-27(30(31)37)18-26(24)33-29/h3-12,17-18H,1,13-16,19H2,2H3,(H2,31,37). The maximum Gasteiger partial charge on any atom is 0.267 e. The minimum Gasteiger partial charge on any atom is -0.364 e. The lowest BCUT2D eigenvalue weighted by Gasteiger charge is -2.34. The van der Waals surface area contributed by atoms with Crippen LogP contribution in [0.15, 0.2) is 79.4 Å². The Hall–Kier alpha value is -4.36. The Labute approximate surface area is 216 Å². The third-order valence-corrected chi connectivity index (χ3v) is 6.83. The number of aryl methyl sites for hydroxylation is 1. The molecule has 0 atom stereocenters. The van der Waals surface area contributed by atoms with E-state index in [1.54, 1.807) is 6.07 Å². The lowest BCUT2D eigenvalue weighted by molar-refractivity contribution is -0.127. The summed E-state index contributed by atoms with van der Waals surface area (Å²) in [4.78, 5) is 37.2. The number of aromatic nitrogens is 2. The van der Waals surface area contributed by atoms with Gasteiger partial charge in [0, 0.05) is 54.9 Å². The van der Waals surface area contributed by atoms with Crippen molar-refractivity contribution in [2.45, 2.75) is 13.5 Å². The van der Waals surface area contributed by atoms with Crippen molar-refractivity contribution < 1.29 is 9.59 Å². The highest BCUT2D eigenvalue weighted by molar-refractivity contribution is 5.98. The largest absolute Gasteiger partial charge is 0.364 e. The molecule has 2 aromatic carbocycles. The molecule has 5 rings (SSSR count). The molecule has 2 amide bonds. The van der Waals surface area contributed by atoms with Crippen LogP contribution in [0.5, 0.6) is 0 Å². The quantitative estimate of drug-likeness (QED) is 0.408. The van der Waals surface area contributed by atoms with Gasteiger partial charge in [-0.05, 0) is 36.3 Å². The lowest BCUT2D eigenvalue weighted by atomic mass is 9.96. The molecule has 1 saturated heterocycles. The van der Waals surface area contributed by atoms with Crippen molar-refractivity contribution in [3.8, 4) is 22.4 Å². The Morgan fingerprint density at radius 3 is 2.30 bits per heavy atom. The van der Waals surface area contributed by atoms with Crippen LogP contribution in [0.3, 0.4) is 0 Å². The van der Waals surface area contributed by atoms with Crippen molar-refractivity contribution in [2.75, 3.05) is 26.2 Å². The number of pyridine rings is 2. The monoisotopic (exact) mass is 491 g/mol. The number of hydrogen-bond donors (Lipinski definition) is 1. The Kier molecular flexibility index (Phi) is 6.79. The summed E-state index contributed by atoms with van der Waals surface area (Å²) in [5.74, 6) is -0.574. The van der Waals surface area contributed by atoms with Crippen molar-refractivity contribution in [1.82, 2.24) is 19.8 Å². The van der Waals surface area contributed by atoms with E-state index in [4.69, 9.17) is 10.7 Å². The van der Waals surface area contributed by atoms with Gasteiger partial charge in [0.1, 0.15) is 5.69 Å². The third-order valence-electron chi connectivity index (χ3n) is 6.83. The number of amides is 2. The van der Waals surface area contributed by atoms with Gasteiger partial charge in [-0.25, -0.2) is 9.97 Å². The number of carbonyl (C=O) groups excluding carboxylic acids is 2. The fourth-order valence-electron chi connectivity index (χ4n) is 4.80. The van der Waals surface area contributed by atoms with Crippen molar-refractivity contribution in [1.29, 1.82) is 0 Å². The Morgan fingerprint density at radius 2 is 1.65 bits per heavy atom. The molecule has 0 radical (unpaired) electrons. The lowest BCUT2D eigenvalue weighted by Crippen LogP contribution is -2.47. The summed E-state index contributed by atoms with van der Waals surface area (Å²) in [6.07, 6.45) is 1.38. The number of fused-ring (bicyclic) bond motifs is 1. The van der Waals surface area contributed by atoms with Gasteiger partial charge in [0.2, 0.25) is 5.91 Å². The van der Waals surface area contributed by atoms with Crippen LogP contribution in [0.1, 0.15) is 21.7 Å². The van der Waals surface area contributed by atoms with E-state index in [0.717, 1.165) is 47.4 Å². The molecule has 1 aliphatic rings. The van der Waals surface area contributed by atoms with Crippen molar-refractivity contribution in [3.05, 3.63) is 96.3 Å². The molecule has 3 heterocycles. The molecule has 2 N–H and O–H groups in total. The van der Waals surface area contributed by atoms with Crippen LogP contribution in [0.2, 0.25) is 0 Å². The number of nitrogens with zero attached hydrogens (tertiary/aromatic N) is 4. The van der Waals surface area contributed by atoms with Gasteiger partial charge in [-0.3, -0.25) is 14.5 Å². The number of hydrogen-bond acceptors (Lipinski definition) is 5. The summed E-state index contributed by atoms with van der Waals surface area (Å²) in [6, 6.07) is 22.3. The summed E-state index contributed by atoms with van der Waals surface area (Å²) < 4.78 is 0. The summed E-state index contributed by atoms with van der Waals surface area (Å²) in [7, 11) is 0. The van der Waals surface area contributed by atoms with E-state index < -0.39 is 5.91 Å². The van der Waals surface area contributed by atoms with Gasteiger partial charge >= 0.3 is 0 Å². The van der Waals surface area contributed by atoms with Crippen LogP contribution < -0.4 is 5.73 Å². The van der Waals surface area contributed by atoms with Crippen molar-refractivity contribution >= 4 is 22.7 Å². The molecule has 7 heteroatoms. The first-order valence-electron chi connectivity index (χ1n) is 12.3. The number of nitrogens with two attached hydrogens (primary N) is 1. The Balaban J connectivity index is 1.47. The van der Waals surface area contributed by atoms with E-state index in [-0.39, 0.29) is 11.6 Å². The third kappa shape index (κ3) is 5.13. The molecule has 0 bridgehead atoms. The molecule has 4 aromatic rings. The van der Waals surface area contributed by atoms with Gasteiger partial charge in [0.05, 0.1) is 11.2 Å². The molecule has 1 fully saturated rings. The van der Waals surface area contributed by atoms with Gasteiger partial charge in [0.25, 0.3) is 5.91 Å². The molecule has 0 aliphatic carbocycles. The minimum atomic E-state index is -0.570. The van der Waals surface area contributed by atoms with Crippen LogP contribution in [0, 0.1) is 6.92 Å². The first-order valence-corrected chi connectivity index (χ1v) is 12.3. The number of carbonyl (C=O) groups is 2. The Bertz CT molecular complexity index is 1470. The van der Waals surface area contributed by atoms with Crippen LogP contribution in [-0.4, -0.2) is 57.8 Å². The highest BCUT2D eigenvalue weighted by Crippen LogP contribution is 2.34. The molecule has 0 unspecified atom stereocenters. The zero-order chi connectivity index (χ0) is 25.9. The second kappa shape index (κ2) is 10.3. The molecule has 37 heavy (non-hydrogen) atoms. The van der Waals surface area contributed by atoms with Gasteiger partial charge < -0.3 is 10.6 Å². The molecule has 0 saturated carbocycles. The molecular weight excluding hydrogens is 462 g/mol. The van der Waals surface area contributed by atoms with Gasteiger partial charge in [-0.15, -0.1) is 0 Å². The molecule has 186 valence electrons. The molecule has 7 nitrogen and oxygen atoms in total. The van der Waals surface area contributed by atoms with Gasteiger partial charge in [-0.2, -0.15) is 0 Å². The van der Waals surface area contributed by atoms with E-state index in [9.17, 15) is 9.59 Å². The first-order chi connectivity index (χ1) is 17.9. The predicted molar refractivity (Wildman–Crippen MR) is 146 cm³/mol. The van der Waals surface area contributed by atoms with Gasteiger partial charge in [0.15, 0.2) is 0 Å². The van der Waals surface area contributed by atoms with E-state index in [0.29, 0.717) is 24.3 Å². The number of piperazine rings is 1. The van der Waals surface area contributed by atoms with Crippen LogP contribution in [-0.2, 0) is 11.3 Å². The summed E-state index contributed by atoms with van der Waals surface area (Å²) in [5.41, 5.74) is 12.2. The predicted octanol–water partition coefficient (Wildman–Crippen LogP) is 4.20. The molecule has 2 aromatic heterocycles. The maximum atomic E-state index is 11.8. The minimum absolute atomic E-state index is 0.00460. The molecule has 1 aliphatic heterocycles. The highest BCUT2D eigenvalue weighted by atomic mass is 16.2. The Morgan fingerprint density at radius 1 is 0.946 bits per heavy atom. The van der Waals surface area contributed by atoms with E-state index in [1.165, 1.54) is 11.6 Å². The maximum absolute atomic E-state index is 11.8. The van der Waals surface area contributed by atoms with Crippen molar-refractivity contribution in [3.63, 3.8) is 0 Å². The van der Waals surface area contributed by atoms with Gasteiger partial charge in [-0.1, -0.05) is 61.2 Å². The topological polar surface area (TPSA) is 92.4 Å². The normalized spacial score (nSPS) is 14.0. The van der Waals surface area contributed by atoms with Crippen LogP contribution in [0.4, 0.5) is 0 Å². The molecular formula is C30H29N5O2. The number of rotatable bonds is 6. The van der Waals surface area contributed by atoms with Crippen LogP contribution >= 0.6 is 0 Å². The zero-order valence-electron chi connectivity index (χ0n) is 20.9. The second-order valence-corrected chi connectivity index (χ2v) is 9.28. The van der Waals surface area contributed by atoms with E-state index >= 15 is 0 Å². The summed E-state index contributed by atoms with van der Waals surface area (Å²) in [5, 5.41) is 0.887. The highest BCUT2D eigenvalue weighted by Gasteiger charge is 2.20. The number of primary amides is 1. The fourth-order valence-corrected chi connectivity index (χ4v) is 4.80. The zero-order valence-corrected chi connectivity index (χ0v) is 20.9. The SMILES string of the molecule is C=CC(=O)N1CCN(Cc2ccc(-c3nc4cc(C(N)=O)nc(C)c4cc3-c3ccccc3)cc2)CC1. The van der Waals surface area contributed by atoms with Crippen LogP contribution in [0.25, 0.3) is 33.3 Å².